The second kappa shape index (κ2) is 11.3. The van der Waals surface area contributed by atoms with Gasteiger partial charge in [-0.2, -0.15) is 5.26 Å². The molecule has 5 atom stereocenters. The van der Waals surface area contributed by atoms with Gasteiger partial charge in [-0.05, 0) is 16.7 Å². The molecule has 0 radical (unpaired) electrons. The van der Waals surface area contributed by atoms with Gasteiger partial charge in [0, 0.05) is 20.0 Å². The number of nitriles is 1. The van der Waals surface area contributed by atoms with Crippen LogP contribution in [0.15, 0.2) is 91.0 Å². The van der Waals surface area contributed by atoms with Gasteiger partial charge in [0.05, 0.1) is 12.7 Å². The number of aliphatic hydroxyl groups is 3. The topological polar surface area (TPSA) is 112 Å². The summed E-state index contributed by atoms with van der Waals surface area (Å²) in [5.74, 6) is -1.66. The molecule has 0 unspecified atom stereocenters. The molecular formula is C29H31NO6. The first-order valence-electron chi connectivity index (χ1n) is 11.9. The van der Waals surface area contributed by atoms with Gasteiger partial charge >= 0.3 is 0 Å². The van der Waals surface area contributed by atoms with Gasteiger partial charge in [0.25, 0.3) is 0 Å². The van der Waals surface area contributed by atoms with Gasteiger partial charge in [-0.15, -0.1) is 0 Å². The van der Waals surface area contributed by atoms with E-state index in [0.717, 1.165) is 16.7 Å². The fraction of sp³-hybridized carbons (Fsp3) is 0.345. The first-order valence-corrected chi connectivity index (χ1v) is 11.9. The molecule has 1 aliphatic rings. The van der Waals surface area contributed by atoms with Crippen LogP contribution in [0.25, 0.3) is 0 Å². The number of aliphatic hydroxyl groups excluding tert-OH is 3. The third kappa shape index (κ3) is 4.80. The molecule has 0 bridgehead atoms. The summed E-state index contributed by atoms with van der Waals surface area (Å²) in [6.45, 7) is -0.138. The van der Waals surface area contributed by atoms with Crippen molar-refractivity contribution in [2.75, 3.05) is 13.7 Å². The molecule has 1 heterocycles. The minimum atomic E-state index is -1.66. The maximum absolute atomic E-state index is 10.8. The van der Waals surface area contributed by atoms with Crippen molar-refractivity contribution in [2.45, 2.75) is 48.6 Å². The Bertz CT molecular complexity index is 1040. The smallest absolute Gasteiger partial charge is 0.198 e. The van der Waals surface area contributed by atoms with Crippen molar-refractivity contribution in [3.05, 3.63) is 108 Å². The molecule has 7 heteroatoms. The molecule has 3 aromatic carbocycles. The maximum atomic E-state index is 10.8. The number of nitrogens with zero attached hydrogens (tertiary/aromatic N) is 1. The van der Waals surface area contributed by atoms with Crippen LogP contribution < -0.4 is 0 Å². The fourth-order valence-corrected chi connectivity index (χ4v) is 4.88. The van der Waals surface area contributed by atoms with Crippen molar-refractivity contribution in [2.24, 2.45) is 0 Å². The molecule has 188 valence electrons. The van der Waals surface area contributed by atoms with Crippen molar-refractivity contribution in [3.8, 4) is 6.07 Å². The number of hydrogen-bond donors (Lipinski definition) is 3. The Hall–Kier alpha value is -3.09. The second-order valence-electron chi connectivity index (χ2n) is 8.85. The van der Waals surface area contributed by atoms with E-state index in [1.165, 1.54) is 7.11 Å². The van der Waals surface area contributed by atoms with E-state index in [4.69, 9.17) is 19.5 Å². The first-order chi connectivity index (χ1) is 17.5. The zero-order chi connectivity index (χ0) is 25.6. The Kier molecular flexibility index (Phi) is 8.17. The van der Waals surface area contributed by atoms with Gasteiger partial charge < -0.3 is 29.5 Å². The van der Waals surface area contributed by atoms with Crippen LogP contribution in [0.2, 0.25) is 0 Å². The van der Waals surface area contributed by atoms with Crippen LogP contribution in [0.1, 0.15) is 29.5 Å². The number of methoxy groups -OCH3 is 1. The lowest BCUT2D eigenvalue weighted by molar-refractivity contribution is -0.361. The fourth-order valence-electron chi connectivity index (χ4n) is 4.88. The van der Waals surface area contributed by atoms with Crippen LogP contribution >= 0.6 is 0 Å². The van der Waals surface area contributed by atoms with Crippen LogP contribution in [-0.2, 0) is 19.8 Å². The van der Waals surface area contributed by atoms with Gasteiger partial charge in [0.1, 0.15) is 30.0 Å². The van der Waals surface area contributed by atoms with Crippen molar-refractivity contribution in [3.63, 3.8) is 0 Å². The van der Waals surface area contributed by atoms with Crippen molar-refractivity contribution in [1.82, 2.24) is 0 Å². The van der Waals surface area contributed by atoms with Gasteiger partial charge in [0.15, 0.2) is 5.79 Å². The van der Waals surface area contributed by atoms with E-state index in [9.17, 15) is 15.3 Å². The van der Waals surface area contributed by atoms with E-state index in [1.54, 1.807) is 0 Å². The summed E-state index contributed by atoms with van der Waals surface area (Å²) in [7, 11) is 1.34. The largest absolute Gasteiger partial charge is 0.387 e. The number of ether oxygens (including phenoxy) is 3. The molecule has 1 saturated heterocycles. The normalized spacial score (nSPS) is 26.3. The van der Waals surface area contributed by atoms with Gasteiger partial charge in [-0.25, -0.2) is 0 Å². The summed E-state index contributed by atoms with van der Waals surface area (Å²) in [4.78, 5) is 0. The predicted molar refractivity (Wildman–Crippen MR) is 133 cm³/mol. The number of benzene rings is 3. The predicted octanol–water partition coefficient (Wildman–Crippen LogP) is 3.12. The van der Waals surface area contributed by atoms with E-state index >= 15 is 0 Å². The van der Waals surface area contributed by atoms with E-state index in [0.29, 0.717) is 0 Å². The molecule has 1 fully saturated rings. The van der Waals surface area contributed by atoms with Crippen LogP contribution in [0.3, 0.4) is 0 Å². The highest BCUT2D eigenvalue weighted by atomic mass is 16.7. The highest BCUT2D eigenvalue weighted by Gasteiger charge is 2.54. The van der Waals surface area contributed by atoms with Gasteiger partial charge in [-0.1, -0.05) is 91.0 Å². The van der Waals surface area contributed by atoms with E-state index in [-0.39, 0.29) is 19.4 Å². The summed E-state index contributed by atoms with van der Waals surface area (Å²) in [6, 6.07) is 31.3. The average molecular weight is 490 g/mol. The molecule has 3 N–H and O–H groups in total. The van der Waals surface area contributed by atoms with E-state index in [2.05, 4.69) is 0 Å². The Morgan fingerprint density at radius 3 is 1.72 bits per heavy atom. The minimum absolute atomic E-state index is 0.0165. The van der Waals surface area contributed by atoms with Crippen molar-refractivity contribution in [1.29, 1.82) is 5.26 Å². The first kappa shape index (κ1) is 26.0. The molecule has 7 nitrogen and oxygen atoms in total. The van der Waals surface area contributed by atoms with E-state index in [1.807, 2.05) is 97.1 Å². The third-order valence-corrected chi connectivity index (χ3v) is 6.79. The molecule has 0 spiro atoms. The lowest BCUT2D eigenvalue weighted by Crippen LogP contribution is -2.66. The molecule has 0 amide bonds. The molecule has 0 aromatic heterocycles. The van der Waals surface area contributed by atoms with Crippen LogP contribution in [0.4, 0.5) is 0 Å². The highest BCUT2D eigenvalue weighted by Crippen LogP contribution is 2.42. The summed E-state index contributed by atoms with van der Waals surface area (Å²) in [5.41, 5.74) is 1.55. The zero-order valence-corrected chi connectivity index (χ0v) is 20.1. The summed E-state index contributed by atoms with van der Waals surface area (Å²) < 4.78 is 18.3. The average Bonchev–Trinajstić information content (AvgIpc) is 2.94. The lowest BCUT2D eigenvalue weighted by atomic mass is 9.80. The Balaban J connectivity index is 1.76. The molecule has 4 rings (SSSR count). The quantitative estimate of drug-likeness (QED) is 0.396. The zero-order valence-electron chi connectivity index (χ0n) is 20.1. The van der Waals surface area contributed by atoms with Crippen molar-refractivity contribution >= 4 is 0 Å². The molecule has 0 saturated carbocycles. The standard InChI is InChI=1S/C29H31NO6/c1-34-28(18-11-19-30)27(33)26(32)25(31)24(36-28)20-35-29(21-12-5-2-6-13-21,22-14-7-3-8-15-22)23-16-9-4-10-17-23/h2-10,12-17,24-27,31-33H,11,18,20H2,1H3/t24-,25+,26+,27-,28+/m1/s1. The summed E-state index contributed by atoms with van der Waals surface area (Å²) in [6.07, 6.45) is -5.52. The number of hydrogen-bond acceptors (Lipinski definition) is 7. The second-order valence-corrected chi connectivity index (χ2v) is 8.85. The number of rotatable bonds is 9. The molecule has 1 aliphatic heterocycles. The minimum Gasteiger partial charge on any atom is -0.387 e. The van der Waals surface area contributed by atoms with Crippen LogP contribution in [0, 0.1) is 11.3 Å². The monoisotopic (exact) mass is 489 g/mol. The van der Waals surface area contributed by atoms with E-state index < -0.39 is 35.8 Å². The Morgan fingerprint density at radius 1 is 0.833 bits per heavy atom. The summed E-state index contributed by atoms with van der Waals surface area (Å²) in [5, 5.41) is 41.2. The summed E-state index contributed by atoms with van der Waals surface area (Å²) >= 11 is 0. The Morgan fingerprint density at radius 2 is 1.31 bits per heavy atom. The van der Waals surface area contributed by atoms with Gasteiger partial charge in [-0.3, -0.25) is 0 Å². The van der Waals surface area contributed by atoms with Crippen molar-refractivity contribution < 1.29 is 29.5 Å². The van der Waals surface area contributed by atoms with Crippen LogP contribution in [-0.4, -0.2) is 59.2 Å². The van der Waals surface area contributed by atoms with Gasteiger partial charge in [0.2, 0.25) is 0 Å². The highest BCUT2D eigenvalue weighted by molar-refractivity contribution is 5.47. The Labute approximate surface area is 211 Å². The molecule has 3 aromatic rings. The molecule has 0 aliphatic carbocycles. The van der Waals surface area contributed by atoms with Crippen LogP contribution in [0.5, 0.6) is 0 Å². The molecule has 36 heavy (non-hydrogen) atoms. The molecular weight excluding hydrogens is 458 g/mol. The SMILES string of the molecule is CO[C@@]1(CCC#N)O[C@H](COC(c2ccccc2)(c2ccccc2)c2ccccc2)[C@H](O)[C@H](O)[C@H]1O. The third-order valence-electron chi connectivity index (χ3n) is 6.79. The maximum Gasteiger partial charge on any atom is 0.198 e. The lowest BCUT2D eigenvalue weighted by Gasteiger charge is -2.48.